The molecule has 1 N–H and O–H groups in total. The Morgan fingerprint density at radius 3 is 2.72 bits per heavy atom. The zero-order chi connectivity index (χ0) is 17.5. The second kappa shape index (κ2) is 7.98. The van der Waals surface area contributed by atoms with E-state index >= 15 is 0 Å². The largest absolute Gasteiger partial charge is 0.493 e. The van der Waals surface area contributed by atoms with Gasteiger partial charge in [-0.1, -0.05) is 42.5 Å². The number of nitrogens with one attached hydrogen (secondary N) is 1. The molecule has 3 aromatic rings. The minimum Gasteiger partial charge on any atom is -0.493 e. The zero-order valence-electron chi connectivity index (χ0n) is 13.7. The predicted octanol–water partition coefficient (Wildman–Crippen LogP) is 4.77. The number of benzene rings is 3. The SMILES string of the molecule is N#CCCCOc1cccc(NC(=O)c2cccc3ccccc23)c1. The quantitative estimate of drug-likeness (QED) is 0.662. The van der Waals surface area contributed by atoms with Gasteiger partial charge >= 0.3 is 0 Å². The van der Waals surface area contributed by atoms with E-state index in [4.69, 9.17) is 10.00 Å². The molecule has 0 radical (unpaired) electrons. The van der Waals surface area contributed by atoms with E-state index in [9.17, 15) is 4.79 Å². The molecular weight excluding hydrogens is 312 g/mol. The number of hydrogen-bond acceptors (Lipinski definition) is 3. The van der Waals surface area contributed by atoms with Crippen LogP contribution in [0.1, 0.15) is 23.2 Å². The first-order valence-electron chi connectivity index (χ1n) is 8.17. The van der Waals surface area contributed by atoms with Gasteiger partial charge in [0.1, 0.15) is 5.75 Å². The van der Waals surface area contributed by atoms with Gasteiger partial charge in [0, 0.05) is 23.7 Å². The van der Waals surface area contributed by atoms with Crippen LogP contribution in [0.15, 0.2) is 66.7 Å². The third-order valence-electron chi connectivity index (χ3n) is 3.83. The Kier molecular flexibility index (Phi) is 5.28. The number of anilines is 1. The number of hydrogen-bond donors (Lipinski definition) is 1. The highest BCUT2D eigenvalue weighted by atomic mass is 16.5. The summed E-state index contributed by atoms with van der Waals surface area (Å²) in [6.07, 6.45) is 1.15. The third kappa shape index (κ3) is 4.15. The molecule has 0 saturated heterocycles. The number of fused-ring (bicyclic) bond motifs is 1. The summed E-state index contributed by atoms with van der Waals surface area (Å²) in [6.45, 7) is 0.480. The fraction of sp³-hybridized carbons (Fsp3) is 0.143. The molecular formula is C21H18N2O2. The Balaban J connectivity index is 1.73. The number of ether oxygens (including phenoxy) is 1. The van der Waals surface area contributed by atoms with E-state index < -0.39 is 0 Å². The minimum atomic E-state index is -0.154. The summed E-state index contributed by atoms with van der Waals surface area (Å²) in [5.41, 5.74) is 1.31. The van der Waals surface area contributed by atoms with Crippen LogP contribution in [0.2, 0.25) is 0 Å². The summed E-state index contributed by atoms with van der Waals surface area (Å²) in [7, 11) is 0. The number of nitrogens with zero attached hydrogens (tertiary/aromatic N) is 1. The number of amides is 1. The van der Waals surface area contributed by atoms with Crippen LogP contribution < -0.4 is 10.1 Å². The fourth-order valence-corrected chi connectivity index (χ4v) is 2.63. The normalized spacial score (nSPS) is 10.2. The number of carbonyl (C=O) groups excluding carboxylic acids is 1. The van der Waals surface area contributed by atoms with Gasteiger partial charge in [-0.25, -0.2) is 0 Å². The van der Waals surface area contributed by atoms with Crippen molar-refractivity contribution >= 4 is 22.4 Å². The number of unbranched alkanes of at least 4 members (excludes halogenated alkanes) is 1. The van der Waals surface area contributed by atoms with Crippen LogP contribution >= 0.6 is 0 Å². The Bertz CT molecular complexity index is 923. The van der Waals surface area contributed by atoms with Crippen LogP contribution in [0.3, 0.4) is 0 Å². The second-order valence-corrected chi connectivity index (χ2v) is 5.62. The molecule has 0 aliphatic heterocycles. The van der Waals surface area contributed by atoms with Crippen molar-refractivity contribution in [2.45, 2.75) is 12.8 Å². The monoisotopic (exact) mass is 330 g/mol. The molecule has 0 saturated carbocycles. The van der Waals surface area contributed by atoms with Gasteiger partial charge in [-0.2, -0.15) is 5.26 Å². The number of rotatable bonds is 6. The molecule has 0 heterocycles. The van der Waals surface area contributed by atoms with Gasteiger partial charge in [0.25, 0.3) is 5.91 Å². The van der Waals surface area contributed by atoms with Crippen molar-refractivity contribution in [2.24, 2.45) is 0 Å². The highest BCUT2D eigenvalue weighted by Crippen LogP contribution is 2.22. The summed E-state index contributed by atoms with van der Waals surface area (Å²) in [5, 5.41) is 13.4. The van der Waals surface area contributed by atoms with Crippen molar-refractivity contribution < 1.29 is 9.53 Å². The third-order valence-corrected chi connectivity index (χ3v) is 3.83. The lowest BCUT2D eigenvalue weighted by Gasteiger charge is -2.10. The lowest BCUT2D eigenvalue weighted by molar-refractivity contribution is 0.102. The van der Waals surface area contributed by atoms with Crippen molar-refractivity contribution in [1.29, 1.82) is 5.26 Å². The van der Waals surface area contributed by atoms with Gasteiger partial charge in [0.2, 0.25) is 0 Å². The van der Waals surface area contributed by atoms with E-state index in [2.05, 4.69) is 11.4 Å². The van der Waals surface area contributed by atoms with Crippen molar-refractivity contribution in [1.82, 2.24) is 0 Å². The maximum absolute atomic E-state index is 12.7. The molecule has 0 unspecified atom stereocenters. The first kappa shape index (κ1) is 16.5. The van der Waals surface area contributed by atoms with Gasteiger partial charge < -0.3 is 10.1 Å². The molecule has 0 aliphatic rings. The summed E-state index contributed by atoms with van der Waals surface area (Å²) in [4.78, 5) is 12.7. The van der Waals surface area contributed by atoms with Gasteiger partial charge in [-0.05, 0) is 35.4 Å². The lowest BCUT2D eigenvalue weighted by Crippen LogP contribution is -2.12. The molecule has 0 spiro atoms. The Morgan fingerprint density at radius 1 is 1.04 bits per heavy atom. The second-order valence-electron chi connectivity index (χ2n) is 5.62. The average molecular weight is 330 g/mol. The van der Waals surface area contributed by atoms with E-state index in [1.165, 1.54) is 0 Å². The molecule has 124 valence electrons. The highest BCUT2D eigenvalue weighted by molar-refractivity contribution is 6.12. The smallest absolute Gasteiger partial charge is 0.256 e. The van der Waals surface area contributed by atoms with E-state index in [0.717, 1.165) is 10.8 Å². The van der Waals surface area contributed by atoms with Gasteiger partial charge in [0.15, 0.2) is 0 Å². The molecule has 25 heavy (non-hydrogen) atoms. The molecule has 1 amide bonds. The van der Waals surface area contributed by atoms with Crippen LogP contribution in [0, 0.1) is 11.3 Å². The molecule has 4 nitrogen and oxygen atoms in total. The molecule has 0 atom stereocenters. The maximum Gasteiger partial charge on any atom is 0.256 e. The lowest BCUT2D eigenvalue weighted by atomic mass is 10.0. The average Bonchev–Trinajstić information content (AvgIpc) is 2.65. The molecule has 0 fully saturated rings. The Hall–Kier alpha value is -3.32. The van der Waals surface area contributed by atoms with Crippen LogP contribution in [-0.4, -0.2) is 12.5 Å². The Labute approximate surface area is 146 Å². The molecule has 3 rings (SSSR count). The maximum atomic E-state index is 12.7. The van der Waals surface area contributed by atoms with Crippen molar-refractivity contribution in [3.05, 3.63) is 72.3 Å². The van der Waals surface area contributed by atoms with Crippen molar-refractivity contribution in [3.8, 4) is 11.8 Å². The zero-order valence-corrected chi connectivity index (χ0v) is 13.7. The number of nitriles is 1. The molecule has 0 bridgehead atoms. The van der Waals surface area contributed by atoms with Gasteiger partial charge in [-0.3, -0.25) is 4.79 Å². The highest BCUT2D eigenvalue weighted by Gasteiger charge is 2.10. The fourth-order valence-electron chi connectivity index (χ4n) is 2.63. The van der Waals surface area contributed by atoms with E-state index in [0.29, 0.717) is 36.4 Å². The Morgan fingerprint density at radius 2 is 1.84 bits per heavy atom. The number of carbonyl (C=O) groups is 1. The summed E-state index contributed by atoms with van der Waals surface area (Å²) in [5.74, 6) is 0.520. The van der Waals surface area contributed by atoms with Crippen LogP contribution in [0.5, 0.6) is 5.75 Å². The summed E-state index contributed by atoms with van der Waals surface area (Å²) in [6, 6.07) is 22.9. The van der Waals surface area contributed by atoms with E-state index in [1.54, 1.807) is 6.07 Å². The van der Waals surface area contributed by atoms with Crippen molar-refractivity contribution in [3.63, 3.8) is 0 Å². The topological polar surface area (TPSA) is 62.1 Å². The van der Waals surface area contributed by atoms with E-state index in [-0.39, 0.29) is 5.91 Å². The van der Waals surface area contributed by atoms with Gasteiger partial charge in [-0.15, -0.1) is 0 Å². The summed E-state index contributed by atoms with van der Waals surface area (Å²) >= 11 is 0. The molecule has 0 aromatic heterocycles. The van der Waals surface area contributed by atoms with Crippen LogP contribution in [0.25, 0.3) is 10.8 Å². The molecule has 4 heteroatoms. The van der Waals surface area contributed by atoms with Crippen molar-refractivity contribution in [2.75, 3.05) is 11.9 Å². The molecule has 3 aromatic carbocycles. The minimum absolute atomic E-state index is 0.154. The molecule has 0 aliphatic carbocycles. The standard InChI is InChI=1S/C21H18N2O2/c22-13-3-4-14-25-18-10-6-9-17(15-18)23-21(24)20-12-5-8-16-7-1-2-11-19(16)20/h1-2,5-12,15H,3-4,14H2,(H,23,24). The van der Waals surface area contributed by atoms with Crippen LogP contribution in [-0.2, 0) is 0 Å². The van der Waals surface area contributed by atoms with Crippen LogP contribution in [0.4, 0.5) is 5.69 Å². The first-order valence-corrected chi connectivity index (χ1v) is 8.17. The predicted molar refractivity (Wildman–Crippen MR) is 98.7 cm³/mol. The van der Waals surface area contributed by atoms with E-state index in [1.807, 2.05) is 60.7 Å². The van der Waals surface area contributed by atoms with Gasteiger partial charge in [0.05, 0.1) is 12.7 Å². The summed E-state index contributed by atoms with van der Waals surface area (Å²) < 4.78 is 5.60. The first-order chi connectivity index (χ1) is 12.3.